The topological polar surface area (TPSA) is 18.5 Å². The Balaban J connectivity index is 1.34. The molecule has 35 heavy (non-hydrogen) atoms. The van der Waals surface area contributed by atoms with Gasteiger partial charge in [-0.3, -0.25) is 0 Å². The molecular weight excluding hydrogens is 459 g/mol. The molecule has 2 nitrogen and oxygen atoms in total. The van der Waals surface area contributed by atoms with Crippen LogP contribution in [0.15, 0.2) is 24.3 Å². The Morgan fingerprint density at radius 1 is 0.771 bits per heavy atom. The molecule has 0 aromatic heterocycles. The normalized spacial score (nSPS) is 25.1. The summed E-state index contributed by atoms with van der Waals surface area (Å²) in [5.41, 5.74) is 0. The third kappa shape index (κ3) is 9.63. The van der Waals surface area contributed by atoms with Gasteiger partial charge in [0.15, 0.2) is 11.6 Å². The summed E-state index contributed by atoms with van der Waals surface area (Å²) in [7, 11) is 0. The molecule has 1 aromatic carbocycles. The molecule has 0 atom stereocenters. The van der Waals surface area contributed by atoms with Gasteiger partial charge in [0, 0.05) is 0 Å². The Hall–Kier alpha value is -1.22. The van der Waals surface area contributed by atoms with E-state index in [0.29, 0.717) is 30.8 Å². The molecule has 4 heteroatoms. The molecule has 0 bridgehead atoms. The minimum absolute atomic E-state index is 0.0335. The lowest BCUT2D eigenvalue weighted by Crippen LogP contribution is -2.20. The number of benzene rings is 1. The Labute approximate surface area is 219 Å². The van der Waals surface area contributed by atoms with Gasteiger partial charge in [-0.15, -0.1) is 0 Å². The molecule has 0 amide bonds. The number of rotatable bonds is 14. The van der Waals surface area contributed by atoms with Crippen LogP contribution in [0.5, 0.6) is 11.5 Å². The molecule has 198 valence electrons. The van der Waals surface area contributed by atoms with Crippen LogP contribution < -0.4 is 9.47 Å². The van der Waals surface area contributed by atoms with Crippen molar-refractivity contribution in [2.45, 2.75) is 110 Å². The average Bonchev–Trinajstić information content (AvgIpc) is 2.89. The summed E-state index contributed by atoms with van der Waals surface area (Å²) in [5.74, 6) is 3.11. The molecule has 0 N–H and O–H groups in total. The van der Waals surface area contributed by atoms with E-state index in [4.69, 9.17) is 21.1 Å². The number of ether oxygens (including phenoxy) is 2. The molecule has 0 saturated heterocycles. The second-order valence-electron chi connectivity index (χ2n) is 11.0. The highest BCUT2D eigenvalue weighted by atomic mass is 35.5. The second kappa shape index (κ2) is 15.8. The predicted octanol–water partition coefficient (Wildman–Crippen LogP) is 10.2. The highest BCUT2D eigenvalue weighted by Crippen LogP contribution is 2.36. The Bertz CT molecular complexity index is 749. The molecule has 0 spiro atoms. The number of hydrogen-bond acceptors (Lipinski definition) is 2. The molecule has 2 saturated carbocycles. The summed E-state index contributed by atoms with van der Waals surface area (Å²) in [6.07, 6.45) is 24.0. The van der Waals surface area contributed by atoms with Gasteiger partial charge in [-0.05, 0) is 93.6 Å². The van der Waals surface area contributed by atoms with Crippen molar-refractivity contribution in [2.24, 2.45) is 23.7 Å². The first-order valence-electron chi connectivity index (χ1n) is 14.5. The summed E-state index contributed by atoms with van der Waals surface area (Å²) in [6.45, 7) is 5.60. The monoisotopic (exact) mass is 506 g/mol. The SMILES string of the molecule is CCCCCCOc1ccc(OCC2CCC(C=CC3CCC(CCCC)CC3)CC2)c(F)c1Cl. The zero-order valence-corrected chi connectivity index (χ0v) is 23.0. The van der Waals surface area contributed by atoms with Crippen LogP contribution in [0, 0.1) is 29.5 Å². The van der Waals surface area contributed by atoms with E-state index in [0.717, 1.165) is 37.5 Å². The minimum atomic E-state index is -0.501. The molecule has 2 fully saturated rings. The summed E-state index contributed by atoms with van der Waals surface area (Å²) in [6, 6.07) is 3.40. The van der Waals surface area contributed by atoms with Gasteiger partial charge in [0.2, 0.25) is 0 Å². The van der Waals surface area contributed by atoms with Gasteiger partial charge in [0.25, 0.3) is 0 Å². The maximum Gasteiger partial charge on any atom is 0.187 e. The van der Waals surface area contributed by atoms with Crippen LogP contribution in [0.4, 0.5) is 4.39 Å². The lowest BCUT2D eigenvalue weighted by atomic mass is 9.78. The van der Waals surface area contributed by atoms with E-state index in [1.54, 1.807) is 12.1 Å². The lowest BCUT2D eigenvalue weighted by molar-refractivity contribution is 0.188. The highest BCUT2D eigenvalue weighted by Gasteiger charge is 2.23. The van der Waals surface area contributed by atoms with E-state index >= 15 is 0 Å². The van der Waals surface area contributed by atoms with Crippen molar-refractivity contribution in [3.05, 3.63) is 35.1 Å². The first kappa shape index (κ1) is 28.4. The standard InChI is InChI=1S/C31H48ClFO2/c1-3-5-7-8-22-34-28-20-21-29(31(33)30(28)32)35-23-27-18-16-26(17-19-27)15-14-25-12-10-24(11-13-25)9-6-4-2/h14-15,20-21,24-27H,3-13,16-19,22-23H2,1-2H3. The molecule has 3 rings (SSSR count). The molecule has 2 aliphatic rings. The van der Waals surface area contributed by atoms with Crippen molar-refractivity contribution in [1.82, 2.24) is 0 Å². The predicted molar refractivity (Wildman–Crippen MR) is 146 cm³/mol. The fourth-order valence-electron chi connectivity index (χ4n) is 5.68. The molecular formula is C31H48ClFO2. The zero-order valence-electron chi connectivity index (χ0n) is 22.2. The van der Waals surface area contributed by atoms with E-state index < -0.39 is 5.82 Å². The summed E-state index contributed by atoms with van der Waals surface area (Å²) < 4.78 is 26.3. The molecule has 0 radical (unpaired) electrons. The van der Waals surface area contributed by atoms with E-state index in [-0.39, 0.29) is 10.8 Å². The van der Waals surface area contributed by atoms with Crippen LogP contribution in [0.1, 0.15) is 110 Å². The lowest BCUT2D eigenvalue weighted by Gasteiger charge is -2.29. The van der Waals surface area contributed by atoms with E-state index in [9.17, 15) is 4.39 Å². The molecule has 1 aromatic rings. The van der Waals surface area contributed by atoms with Gasteiger partial charge in [0.1, 0.15) is 10.8 Å². The maximum absolute atomic E-state index is 14.7. The van der Waals surface area contributed by atoms with E-state index in [1.165, 1.54) is 70.6 Å². The van der Waals surface area contributed by atoms with Crippen molar-refractivity contribution < 1.29 is 13.9 Å². The third-order valence-electron chi connectivity index (χ3n) is 8.15. The second-order valence-corrected chi connectivity index (χ2v) is 11.4. The first-order valence-corrected chi connectivity index (χ1v) is 14.9. The summed E-state index contributed by atoms with van der Waals surface area (Å²) in [4.78, 5) is 0. The Morgan fingerprint density at radius 3 is 2.00 bits per heavy atom. The number of unbranched alkanes of at least 4 members (excludes halogenated alkanes) is 4. The smallest absolute Gasteiger partial charge is 0.187 e. The zero-order chi connectivity index (χ0) is 24.9. The van der Waals surface area contributed by atoms with Crippen molar-refractivity contribution >= 4 is 11.6 Å². The number of hydrogen-bond donors (Lipinski definition) is 0. The van der Waals surface area contributed by atoms with Crippen molar-refractivity contribution in [1.29, 1.82) is 0 Å². The van der Waals surface area contributed by atoms with Crippen molar-refractivity contribution in [3.8, 4) is 11.5 Å². The van der Waals surface area contributed by atoms with Crippen LogP contribution in [0.3, 0.4) is 0 Å². The van der Waals surface area contributed by atoms with Crippen LogP contribution in [0.25, 0.3) is 0 Å². The van der Waals surface area contributed by atoms with Crippen LogP contribution >= 0.6 is 11.6 Å². The largest absolute Gasteiger partial charge is 0.492 e. The molecule has 0 unspecified atom stereocenters. The average molecular weight is 507 g/mol. The Morgan fingerprint density at radius 2 is 1.37 bits per heavy atom. The molecule has 0 heterocycles. The first-order chi connectivity index (χ1) is 17.1. The van der Waals surface area contributed by atoms with Gasteiger partial charge in [-0.1, -0.05) is 76.1 Å². The van der Waals surface area contributed by atoms with Crippen LogP contribution in [-0.2, 0) is 0 Å². The quantitative estimate of drug-likeness (QED) is 0.184. The van der Waals surface area contributed by atoms with Gasteiger partial charge >= 0.3 is 0 Å². The van der Waals surface area contributed by atoms with Gasteiger partial charge in [0.05, 0.1) is 13.2 Å². The molecule has 2 aliphatic carbocycles. The summed E-state index contributed by atoms with van der Waals surface area (Å²) >= 11 is 6.22. The van der Waals surface area contributed by atoms with E-state index in [1.807, 2.05) is 0 Å². The third-order valence-corrected chi connectivity index (χ3v) is 8.50. The minimum Gasteiger partial charge on any atom is -0.492 e. The van der Waals surface area contributed by atoms with Crippen LogP contribution in [0.2, 0.25) is 5.02 Å². The number of allylic oxidation sites excluding steroid dienone is 2. The van der Waals surface area contributed by atoms with Gasteiger partial charge in [-0.25, -0.2) is 4.39 Å². The summed E-state index contributed by atoms with van der Waals surface area (Å²) in [5, 5.41) is 0.0335. The highest BCUT2D eigenvalue weighted by molar-refractivity contribution is 6.32. The van der Waals surface area contributed by atoms with Crippen molar-refractivity contribution in [2.75, 3.05) is 13.2 Å². The van der Waals surface area contributed by atoms with Gasteiger partial charge < -0.3 is 9.47 Å². The fourth-order valence-corrected chi connectivity index (χ4v) is 5.89. The van der Waals surface area contributed by atoms with Crippen LogP contribution in [-0.4, -0.2) is 13.2 Å². The van der Waals surface area contributed by atoms with Gasteiger partial charge in [-0.2, -0.15) is 0 Å². The maximum atomic E-state index is 14.7. The number of halogens is 2. The fraction of sp³-hybridized carbons (Fsp3) is 0.742. The Kier molecular flexibility index (Phi) is 12.8. The van der Waals surface area contributed by atoms with E-state index in [2.05, 4.69) is 26.0 Å². The molecule has 0 aliphatic heterocycles. The van der Waals surface area contributed by atoms with Crippen molar-refractivity contribution in [3.63, 3.8) is 0 Å².